The summed E-state index contributed by atoms with van der Waals surface area (Å²) in [6.07, 6.45) is 0.954. The first kappa shape index (κ1) is 32.8. The van der Waals surface area contributed by atoms with Gasteiger partial charge in [0.05, 0.1) is 0 Å². The number of rotatable bonds is 4. The summed E-state index contributed by atoms with van der Waals surface area (Å²) in [5.41, 5.74) is 20.0. The number of anilines is 3. The summed E-state index contributed by atoms with van der Waals surface area (Å²) in [7, 11) is 0. The lowest BCUT2D eigenvalue weighted by molar-refractivity contribution is 1.09. The number of para-hydroxylation sites is 2. The van der Waals surface area contributed by atoms with E-state index < -0.39 is 0 Å². The molecule has 0 spiro atoms. The number of hydrogen-bond donors (Lipinski definition) is 0. The minimum absolute atomic E-state index is 0.0690. The van der Waals surface area contributed by atoms with E-state index in [0.29, 0.717) is 0 Å². The van der Waals surface area contributed by atoms with Crippen molar-refractivity contribution >= 4 is 84.8 Å². The Hall–Kier alpha value is -6.57. The van der Waals surface area contributed by atoms with Crippen LogP contribution in [0.2, 0.25) is 0 Å². The fourth-order valence-electron chi connectivity index (χ4n) is 10.3. The largest absolute Gasteiger partial charge is 0.310 e. The van der Waals surface area contributed by atoms with Gasteiger partial charge in [0.25, 0.3) is 0 Å². The van der Waals surface area contributed by atoms with Crippen LogP contribution >= 0.6 is 0 Å². The first-order chi connectivity index (χ1) is 27.7. The predicted octanol–water partition coefficient (Wildman–Crippen LogP) is 9.00. The molecule has 0 fully saturated rings. The van der Waals surface area contributed by atoms with Crippen molar-refractivity contribution < 1.29 is 0 Å². The molecule has 0 saturated carbocycles. The first-order valence-electron chi connectivity index (χ1n) is 19.9. The summed E-state index contributed by atoms with van der Waals surface area (Å²) in [4.78, 5) is 2.48. The van der Waals surface area contributed by atoms with Crippen molar-refractivity contribution in [2.24, 2.45) is 0 Å². The maximum absolute atomic E-state index is 2.48. The van der Waals surface area contributed by atoms with Gasteiger partial charge in [0.2, 0.25) is 13.4 Å². The average Bonchev–Trinajstić information content (AvgIpc) is 3.24. The molecule has 56 heavy (non-hydrogen) atoms. The minimum atomic E-state index is 0.0690. The van der Waals surface area contributed by atoms with Gasteiger partial charge in [-0.2, -0.15) is 0 Å². The lowest BCUT2D eigenvalue weighted by Crippen LogP contribution is -2.75. The number of aryl methyl sites for hydroxylation is 2. The number of hydrogen-bond acceptors (Lipinski definition) is 1. The molecule has 0 unspecified atom stereocenters. The molecule has 2 heterocycles. The zero-order valence-electron chi connectivity index (χ0n) is 31.7. The second-order valence-corrected chi connectivity index (χ2v) is 15.6. The highest BCUT2D eigenvalue weighted by atomic mass is 15.2. The molecule has 0 radical (unpaired) electrons. The Labute approximate surface area is 330 Å². The third-order valence-corrected chi connectivity index (χ3v) is 12.5. The van der Waals surface area contributed by atoms with Crippen LogP contribution in [0.15, 0.2) is 188 Å². The Morgan fingerprint density at radius 2 is 0.786 bits per heavy atom. The van der Waals surface area contributed by atoms with Crippen LogP contribution in [0.3, 0.4) is 0 Å². The van der Waals surface area contributed by atoms with E-state index in [0.717, 1.165) is 6.42 Å². The molecule has 0 aromatic heterocycles. The summed E-state index contributed by atoms with van der Waals surface area (Å²) in [5, 5.41) is 5.23. The highest BCUT2D eigenvalue weighted by Gasteiger charge is 2.41. The molecule has 0 saturated heterocycles. The van der Waals surface area contributed by atoms with E-state index in [1.807, 2.05) is 0 Å². The van der Waals surface area contributed by atoms with Gasteiger partial charge in [0, 0.05) is 23.5 Å². The molecular formula is C53H39B2N. The minimum Gasteiger partial charge on any atom is -0.310 e. The van der Waals surface area contributed by atoms with E-state index in [9.17, 15) is 0 Å². The fraction of sp³-hybridized carbons (Fsp3) is 0.0566. The summed E-state index contributed by atoms with van der Waals surface area (Å²) < 4.78 is 0. The van der Waals surface area contributed by atoms with Crippen molar-refractivity contribution in [3.63, 3.8) is 0 Å². The Kier molecular flexibility index (Phi) is 7.64. The molecule has 0 aliphatic carbocycles. The quantitative estimate of drug-likeness (QED) is 0.130. The summed E-state index contributed by atoms with van der Waals surface area (Å²) in [5.74, 6) is 0. The SMILES string of the molecule is Cc1cc(N2c3ccccc3Cc3ccccc32)cc(C)c1B1c2ccccc2B(c2c3ccccc3c(-c3ccccc3)c3ccccc23)c2ccccc21. The number of fused-ring (bicyclic) bond motifs is 6. The molecule has 0 atom stereocenters. The van der Waals surface area contributed by atoms with Gasteiger partial charge in [-0.25, -0.2) is 0 Å². The zero-order chi connectivity index (χ0) is 37.3. The topological polar surface area (TPSA) is 3.24 Å². The van der Waals surface area contributed by atoms with Crippen molar-refractivity contribution in [1.29, 1.82) is 0 Å². The van der Waals surface area contributed by atoms with Gasteiger partial charge in [-0.05, 0) is 81.9 Å². The molecule has 3 heteroatoms. The van der Waals surface area contributed by atoms with E-state index in [4.69, 9.17) is 0 Å². The van der Waals surface area contributed by atoms with Crippen molar-refractivity contribution in [3.05, 3.63) is 210 Å². The maximum atomic E-state index is 2.48. The second-order valence-electron chi connectivity index (χ2n) is 15.6. The molecule has 9 aromatic carbocycles. The van der Waals surface area contributed by atoms with Crippen LogP contribution < -0.4 is 37.7 Å². The van der Waals surface area contributed by atoms with Gasteiger partial charge in [0.15, 0.2) is 0 Å². The molecule has 11 rings (SSSR count). The van der Waals surface area contributed by atoms with Gasteiger partial charge in [0.1, 0.15) is 0 Å². The first-order valence-corrected chi connectivity index (χ1v) is 19.9. The van der Waals surface area contributed by atoms with Crippen LogP contribution in [0.5, 0.6) is 0 Å². The maximum Gasteiger partial charge on any atom is 0.241 e. The van der Waals surface area contributed by atoms with Crippen molar-refractivity contribution in [3.8, 4) is 11.1 Å². The Morgan fingerprint density at radius 1 is 0.393 bits per heavy atom. The normalized spacial score (nSPS) is 13.0. The van der Waals surface area contributed by atoms with E-state index in [-0.39, 0.29) is 13.4 Å². The summed E-state index contributed by atoms with van der Waals surface area (Å²) >= 11 is 0. The van der Waals surface area contributed by atoms with E-state index in [1.54, 1.807) is 0 Å². The van der Waals surface area contributed by atoms with E-state index in [1.165, 1.54) is 105 Å². The van der Waals surface area contributed by atoms with Crippen LogP contribution in [0.4, 0.5) is 17.1 Å². The Bertz CT molecular complexity index is 2830. The predicted molar refractivity (Wildman–Crippen MR) is 242 cm³/mol. The molecule has 262 valence electrons. The molecule has 1 nitrogen and oxygen atoms in total. The van der Waals surface area contributed by atoms with Crippen LogP contribution in [-0.2, 0) is 6.42 Å². The van der Waals surface area contributed by atoms with Crippen molar-refractivity contribution in [2.75, 3.05) is 4.90 Å². The van der Waals surface area contributed by atoms with Gasteiger partial charge >= 0.3 is 0 Å². The fourth-order valence-corrected chi connectivity index (χ4v) is 10.3. The van der Waals surface area contributed by atoms with Crippen molar-refractivity contribution in [2.45, 2.75) is 20.3 Å². The van der Waals surface area contributed by atoms with Gasteiger partial charge in [-0.15, -0.1) is 0 Å². The number of benzene rings is 9. The van der Waals surface area contributed by atoms with Crippen molar-refractivity contribution in [1.82, 2.24) is 0 Å². The van der Waals surface area contributed by atoms with E-state index in [2.05, 4.69) is 207 Å². The highest BCUT2D eigenvalue weighted by molar-refractivity contribution is 7.12. The average molecular weight is 712 g/mol. The van der Waals surface area contributed by atoms with Crippen LogP contribution in [0, 0.1) is 13.8 Å². The molecule has 0 amide bonds. The van der Waals surface area contributed by atoms with Crippen LogP contribution in [0.1, 0.15) is 22.3 Å². The summed E-state index contributed by atoms with van der Waals surface area (Å²) in [6, 6.07) is 70.3. The second kappa shape index (κ2) is 13.0. The molecule has 0 bridgehead atoms. The molecule has 2 aliphatic rings. The lowest BCUT2D eigenvalue weighted by Gasteiger charge is -2.36. The van der Waals surface area contributed by atoms with E-state index >= 15 is 0 Å². The highest BCUT2D eigenvalue weighted by Crippen LogP contribution is 2.44. The van der Waals surface area contributed by atoms with Gasteiger partial charge in [-0.3, -0.25) is 0 Å². The molecule has 0 N–H and O–H groups in total. The van der Waals surface area contributed by atoms with Gasteiger partial charge in [-0.1, -0.05) is 208 Å². The standard InChI is InChI=1S/C53H39B2N/c1-35-32-40(56-49-30-16-6-20-38(49)34-39-21-7-17-31-50(39)56)33-36(2)52(35)54-45-26-12-14-28-47(45)55(48-29-15-13-27-46(48)54)53-43-24-10-8-22-41(43)51(37-18-4-3-5-19-37)42-23-9-11-25-44(42)53/h3-33H,34H2,1-2H3. The molecule has 2 aliphatic heterocycles. The third-order valence-electron chi connectivity index (χ3n) is 12.5. The monoisotopic (exact) mass is 711 g/mol. The summed E-state index contributed by atoms with van der Waals surface area (Å²) in [6.45, 7) is 4.83. The Morgan fingerprint density at radius 3 is 1.29 bits per heavy atom. The van der Waals surface area contributed by atoms with Crippen LogP contribution in [-0.4, -0.2) is 13.4 Å². The Balaban J connectivity index is 1.13. The molecule has 9 aromatic rings. The van der Waals surface area contributed by atoms with Gasteiger partial charge < -0.3 is 4.90 Å². The zero-order valence-corrected chi connectivity index (χ0v) is 31.7. The smallest absolute Gasteiger partial charge is 0.241 e. The number of nitrogens with zero attached hydrogens (tertiary/aromatic N) is 1. The third kappa shape index (κ3) is 4.97. The van der Waals surface area contributed by atoms with Crippen LogP contribution in [0.25, 0.3) is 32.7 Å². The molecular weight excluding hydrogens is 672 g/mol. The lowest BCUT2D eigenvalue weighted by atomic mass is 9.20.